The second-order valence-electron chi connectivity index (χ2n) is 12.9. The molecule has 1 heteroatoms. The number of aromatic nitrogens is 1. The van der Waals surface area contributed by atoms with Crippen molar-refractivity contribution < 1.29 is 0 Å². The molecule has 0 atom stereocenters. The number of hydrogen-bond acceptors (Lipinski definition) is 0. The molecule has 41 heavy (non-hydrogen) atoms. The highest BCUT2D eigenvalue weighted by atomic mass is 15.0. The van der Waals surface area contributed by atoms with Gasteiger partial charge in [0.15, 0.2) is 0 Å². The summed E-state index contributed by atoms with van der Waals surface area (Å²) < 4.78 is 2.54. The van der Waals surface area contributed by atoms with Crippen LogP contribution in [0.5, 0.6) is 0 Å². The van der Waals surface area contributed by atoms with Gasteiger partial charge in [-0.2, -0.15) is 0 Å². The van der Waals surface area contributed by atoms with Crippen LogP contribution < -0.4 is 0 Å². The van der Waals surface area contributed by atoms with Gasteiger partial charge in [0.2, 0.25) is 0 Å². The van der Waals surface area contributed by atoms with E-state index in [2.05, 4.69) is 148 Å². The van der Waals surface area contributed by atoms with Crippen LogP contribution in [-0.2, 0) is 10.8 Å². The van der Waals surface area contributed by atoms with Crippen molar-refractivity contribution in [2.24, 2.45) is 0 Å². The van der Waals surface area contributed by atoms with Crippen molar-refractivity contribution in [3.8, 4) is 27.9 Å². The van der Waals surface area contributed by atoms with E-state index in [1.54, 1.807) is 0 Å². The Labute approximate surface area is 240 Å². The summed E-state index contributed by atoms with van der Waals surface area (Å²) in [6.45, 7) is 9.56. The Morgan fingerprint density at radius 1 is 0.463 bits per heavy atom. The van der Waals surface area contributed by atoms with Gasteiger partial charge in [0, 0.05) is 27.2 Å². The maximum absolute atomic E-state index is 2.54. The lowest BCUT2D eigenvalue weighted by Gasteiger charge is -2.23. The molecule has 0 saturated heterocycles. The molecule has 1 heterocycles. The minimum atomic E-state index is -0.115. The van der Waals surface area contributed by atoms with Crippen LogP contribution >= 0.6 is 0 Å². The van der Waals surface area contributed by atoms with Gasteiger partial charge < -0.3 is 4.57 Å². The normalized spacial score (nSPS) is 15.7. The van der Waals surface area contributed by atoms with E-state index in [-0.39, 0.29) is 10.8 Å². The summed E-state index contributed by atoms with van der Waals surface area (Å²) in [4.78, 5) is 0. The Hall–Kier alpha value is -4.62. The van der Waals surface area contributed by atoms with E-state index in [9.17, 15) is 0 Å². The van der Waals surface area contributed by atoms with Gasteiger partial charge in [0.1, 0.15) is 0 Å². The third-order valence-electron chi connectivity index (χ3n) is 10.2. The number of rotatable bonds is 1. The summed E-state index contributed by atoms with van der Waals surface area (Å²) in [7, 11) is 0. The molecule has 196 valence electrons. The first-order chi connectivity index (χ1) is 19.9. The van der Waals surface area contributed by atoms with E-state index in [1.165, 1.54) is 82.8 Å². The molecule has 7 aromatic rings. The van der Waals surface area contributed by atoms with Crippen LogP contribution in [0.4, 0.5) is 0 Å². The second-order valence-corrected chi connectivity index (χ2v) is 12.9. The largest absolute Gasteiger partial charge is 0.309 e. The third-order valence-corrected chi connectivity index (χ3v) is 10.2. The maximum Gasteiger partial charge on any atom is 0.0544 e. The summed E-state index contributed by atoms with van der Waals surface area (Å²) in [6, 6.07) is 43.2. The van der Waals surface area contributed by atoms with E-state index in [0.717, 1.165) is 0 Å². The molecule has 2 aliphatic rings. The zero-order valence-electron chi connectivity index (χ0n) is 23.9. The van der Waals surface area contributed by atoms with Gasteiger partial charge in [0.25, 0.3) is 0 Å². The lowest BCUT2D eigenvalue weighted by molar-refractivity contribution is 0.660. The quantitative estimate of drug-likeness (QED) is 0.201. The Bertz CT molecular complexity index is 2260. The van der Waals surface area contributed by atoms with Gasteiger partial charge in [-0.3, -0.25) is 0 Å². The zero-order valence-corrected chi connectivity index (χ0v) is 23.9. The molecule has 1 aromatic heterocycles. The van der Waals surface area contributed by atoms with Gasteiger partial charge in [-0.1, -0.05) is 125 Å². The van der Waals surface area contributed by atoms with Crippen molar-refractivity contribution in [3.63, 3.8) is 0 Å². The Morgan fingerprint density at radius 3 is 2.05 bits per heavy atom. The van der Waals surface area contributed by atoms with E-state index in [4.69, 9.17) is 0 Å². The Balaban J connectivity index is 1.43. The predicted octanol–water partition coefficient (Wildman–Crippen LogP) is 10.5. The fourth-order valence-electron chi connectivity index (χ4n) is 8.32. The summed E-state index contributed by atoms with van der Waals surface area (Å²) in [6.07, 6.45) is 0. The number of fused-ring (bicyclic) bond motifs is 12. The van der Waals surface area contributed by atoms with Crippen molar-refractivity contribution in [1.82, 2.24) is 4.57 Å². The number of benzene rings is 6. The van der Waals surface area contributed by atoms with Crippen LogP contribution in [0.25, 0.3) is 60.5 Å². The second kappa shape index (κ2) is 7.56. The molecule has 2 aliphatic carbocycles. The van der Waals surface area contributed by atoms with E-state index < -0.39 is 0 Å². The molecule has 6 aromatic carbocycles. The van der Waals surface area contributed by atoms with Crippen molar-refractivity contribution >= 4 is 32.6 Å². The van der Waals surface area contributed by atoms with Gasteiger partial charge in [-0.05, 0) is 67.9 Å². The van der Waals surface area contributed by atoms with E-state index in [1.807, 2.05) is 0 Å². The number of para-hydroxylation sites is 1. The topological polar surface area (TPSA) is 4.93 Å². The molecule has 0 unspecified atom stereocenters. The first-order valence-corrected chi connectivity index (χ1v) is 14.7. The minimum Gasteiger partial charge on any atom is -0.309 e. The predicted molar refractivity (Wildman–Crippen MR) is 173 cm³/mol. The molecule has 0 amide bonds. The van der Waals surface area contributed by atoms with Gasteiger partial charge >= 0.3 is 0 Å². The number of nitrogens with zero attached hydrogens (tertiary/aromatic N) is 1. The standard InChI is InChI=1S/C40H31N/c1-39(2)29-16-9-7-14-26(29)36-30(39)17-11-19-33(36)41-32-18-10-8-15-27(32)37-34(41)23-21-28-35-25-13-6-5-12-24(25)20-22-31(35)40(3,4)38(28)37/h5-23H,1-4H3. The van der Waals surface area contributed by atoms with Crippen molar-refractivity contribution in [3.05, 3.63) is 138 Å². The van der Waals surface area contributed by atoms with Crippen LogP contribution in [0.2, 0.25) is 0 Å². The molecular weight excluding hydrogens is 494 g/mol. The molecular formula is C40H31N. The summed E-state index contributed by atoms with van der Waals surface area (Å²) in [5.41, 5.74) is 14.9. The highest BCUT2D eigenvalue weighted by Gasteiger charge is 2.40. The van der Waals surface area contributed by atoms with Gasteiger partial charge in [-0.15, -0.1) is 0 Å². The Morgan fingerprint density at radius 2 is 1.17 bits per heavy atom. The molecule has 0 N–H and O–H groups in total. The smallest absolute Gasteiger partial charge is 0.0544 e. The SMILES string of the molecule is CC1(C)c2ccccc2-c2c(-n3c4ccccc4c4c5c(ccc43)-c3c(ccc4ccccc34)C5(C)C)cccc21. The van der Waals surface area contributed by atoms with Gasteiger partial charge in [0.05, 0.1) is 16.7 Å². The van der Waals surface area contributed by atoms with E-state index in [0.29, 0.717) is 0 Å². The zero-order chi connectivity index (χ0) is 27.7. The first kappa shape index (κ1) is 23.1. The lowest BCUT2D eigenvalue weighted by Crippen LogP contribution is -2.15. The number of hydrogen-bond donors (Lipinski definition) is 0. The molecule has 0 bridgehead atoms. The highest BCUT2D eigenvalue weighted by molar-refractivity contribution is 6.16. The molecule has 0 radical (unpaired) electrons. The molecule has 1 nitrogen and oxygen atoms in total. The van der Waals surface area contributed by atoms with Crippen molar-refractivity contribution in [2.75, 3.05) is 0 Å². The lowest BCUT2D eigenvalue weighted by atomic mass is 9.80. The Kier molecular flexibility index (Phi) is 4.26. The average Bonchev–Trinajstić information content (AvgIpc) is 3.54. The summed E-state index contributed by atoms with van der Waals surface area (Å²) in [5, 5.41) is 5.36. The maximum atomic E-state index is 2.54. The highest BCUT2D eigenvalue weighted by Crippen LogP contribution is 2.56. The van der Waals surface area contributed by atoms with Crippen LogP contribution in [0.3, 0.4) is 0 Å². The van der Waals surface area contributed by atoms with Crippen LogP contribution in [-0.4, -0.2) is 4.57 Å². The fraction of sp³-hybridized carbons (Fsp3) is 0.150. The average molecular weight is 526 g/mol. The molecule has 9 rings (SSSR count). The molecule has 0 spiro atoms. The molecule has 0 aliphatic heterocycles. The van der Waals surface area contributed by atoms with E-state index >= 15 is 0 Å². The summed E-state index contributed by atoms with van der Waals surface area (Å²) in [5.74, 6) is 0. The molecule has 0 saturated carbocycles. The van der Waals surface area contributed by atoms with Crippen molar-refractivity contribution in [1.29, 1.82) is 0 Å². The minimum absolute atomic E-state index is 0.0351. The first-order valence-electron chi connectivity index (χ1n) is 14.7. The van der Waals surface area contributed by atoms with Crippen LogP contribution in [0.1, 0.15) is 49.9 Å². The van der Waals surface area contributed by atoms with Crippen LogP contribution in [0.15, 0.2) is 115 Å². The van der Waals surface area contributed by atoms with Gasteiger partial charge in [-0.25, -0.2) is 0 Å². The monoisotopic (exact) mass is 525 g/mol. The molecule has 0 fully saturated rings. The van der Waals surface area contributed by atoms with Crippen LogP contribution in [0, 0.1) is 0 Å². The fourth-order valence-corrected chi connectivity index (χ4v) is 8.32. The summed E-state index contributed by atoms with van der Waals surface area (Å²) >= 11 is 0. The third kappa shape index (κ3) is 2.72. The van der Waals surface area contributed by atoms with Crippen molar-refractivity contribution in [2.45, 2.75) is 38.5 Å².